The van der Waals surface area contributed by atoms with Crippen LogP contribution in [0.2, 0.25) is 0 Å². The molecule has 0 spiro atoms. The average Bonchev–Trinajstić information content (AvgIpc) is 3.38. The van der Waals surface area contributed by atoms with Gasteiger partial charge in [0, 0.05) is 12.8 Å². The Morgan fingerprint density at radius 2 is 0.764 bits per heavy atom. The van der Waals surface area contributed by atoms with Crippen molar-refractivity contribution >= 4 is 11.9 Å². The van der Waals surface area contributed by atoms with Crippen molar-refractivity contribution in [3.63, 3.8) is 0 Å². The Hall–Kier alpha value is -2.44. The van der Waals surface area contributed by atoms with Crippen molar-refractivity contribution in [2.24, 2.45) is 0 Å². The van der Waals surface area contributed by atoms with E-state index in [0.717, 1.165) is 89.9 Å². The van der Waals surface area contributed by atoms with E-state index < -0.39 is 12.1 Å². The van der Waals surface area contributed by atoms with Crippen molar-refractivity contribution < 1.29 is 24.5 Å². The molecule has 0 aromatic heterocycles. The fraction of sp³-hybridized carbons (Fsp3) is 0.818. The van der Waals surface area contributed by atoms with Crippen LogP contribution in [0.3, 0.4) is 0 Å². The molecule has 0 aliphatic rings. The third-order valence-corrected chi connectivity index (χ3v) is 14.3. The van der Waals surface area contributed by atoms with Crippen LogP contribution in [0.25, 0.3) is 0 Å². The summed E-state index contributed by atoms with van der Waals surface area (Å²) in [5, 5.41) is 23.2. The van der Waals surface area contributed by atoms with Crippen LogP contribution in [0.1, 0.15) is 322 Å². The molecule has 2 unspecified atom stereocenters. The number of esters is 1. The molecular formula is C66H121NO5. The lowest BCUT2D eigenvalue weighted by atomic mass is 10.0. The van der Waals surface area contributed by atoms with Gasteiger partial charge in [-0.05, 0) is 89.9 Å². The number of rotatable bonds is 58. The Labute approximate surface area is 448 Å². The van der Waals surface area contributed by atoms with E-state index in [0.29, 0.717) is 19.4 Å². The number of aliphatic hydroxyl groups excluding tert-OH is 2. The van der Waals surface area contributed by atoms with Crippen LogP contribution in [-0.4, -0.2) is 47.4 Å². The SMILES string of the molecule is CCC/C=C\C/C=C\CCCCCCCC(=O)OCCCCC/C=C\C=C/CCCCCCCCCCCCC(=O)NC(CO)C(O)/C=C/CCCCCCCCCCCCCCCCCCCCCCC. The highest BCUT2D eigenvalue weighted by molar-refractivity contribution is 5.76. The van der Waals surface area contributed by atoms with Gasteiger partial charge in [0.2, 0.25) is 5.91 Å². The molecule has 0 saturated heterocycles. The molecule has 0 fully saturated rings. The average molecular weight is 1010 g/mol. The van der Waals surface area contributed by atoms with Crippen LogP contribution in [-0.2, 0) is 14.3 Å². The molecule has 72 heavy (non-hydrogen) atoms. The lowest BCUT2D eigenvalue weighted by Gasteiger charge is -2.20. The number of carbonyl (C=O) groups is 2. The lowest BCUT2D eigenvalue weighted by Crippen LogP contribution is -2.45. The third kappa shape index (κ3) is 56.8. The van der Waals surface area contributed by atoms with Gasteiger partial charge in [-0.2, -0.15) is 0 Å². The van der Waals surface area contributed by atoms with E-state index in [9.17, 15) is 19.8 Å². The number of allylic oxidation sites excluding steroid dienone is 9. The zero-order valence-corrected chi connectivity index (χ0v) is 47.9. The van der Waals surface area contributed by atoms with Gasteiger partial charge in [0.1, 0.15) is 0 Å². The molecule has 0 aromatic carbocycles. The highest BCUT2D eigenvalue weighted by Gasteiger charge is 2.18. The minimum absolute atomic E-state index is 0.0298. The van der Waals surface area contributed by atoms with Gasteiger partial charge < -0.3 is 20.3 Å². The number of unbranched alkanes of at least 4 members (excludes halogenated alkanes) is 40. The smallest absolute Gasteiger partial charge is 0.305 e. The zero-order chi connectivity index (χ0) is 52.2. The first-order valence-corrected chi connectivity index (χ1v) is 31.6. The van der Waals surface area contributed by atoms with Crippen LogP contribution < -0.4 is 5.32 Å². The second kappa shape index (κ2) is 61.1. The zero-order valence-electron chi connectivity index (χ0n) is 47.9. The van der Waals surface area contributed by atoms with Crippen molar-refractivity contribution in [1.29, 1.82) is 0 Å². The summed E-state index contributed by atoms with van der Waals surface area (Å²) in [4.78, 5) is 24.5. The largest absolute Gasteiger partial charge is 0.466 e. The van der Waals surface area contributed by atoms with E-state index in [4.69, 9.17) is 4.74 Å². The summed E-state index contributed by atoms with van der Waals surface area (Å²) in [6.07, 6.45) is 79.8. The third-order valence-electron chi connectivity index (χ3n) is 14.3. The number of nitrogens with one attached hydrogen (secondary N) is 1. The molecule has 0 rings (SSSR count). The highest BCUT2D eigenvalue weighted by atomic mass is 16.5. The normalized spacial score (nSPS) is 13.0. The van der Waals surface area contributed by atoms with Crippen molar-refractivity contribution in [2.45, 2.75) is 334 Å². The first-order valence-electron chi connectivity index (χ1n) is 31.6. The molecule has 0 heterocycles. The number of carbonyl (C=O) groups excluding carboxylic acids is 2. The molecule has 2 atom stereocenters. The number of aliphatic hydroxyl groups is 2. The maximum atomic E-state index is 12.5. The van der Waals surface area contributed by atoms with E-state index in [1.54, 1.807) is 6.08 Å². The summed E-state index contributed by atoms with van der Waals surface area (Å²) in [5.74, 6) is -0.106. The van der Waals surface area contributed by atoms with Crippen molar-refractivity contribution in [1.82, 2.24) is 5.32 Å². The first-order chi connectivity index (χ1) is 35.5. The Balaban J connectivity index is 3.52. The van der Waals surface area contributed by atoms with E-state index >= 15 is 0 Å². The summed E-state index contributed by atoms with van der Waals surface area (Å²) in [6.45, 7) is 4.80. The molecule has 1 amide bonds. The van der Waals surface area contributed by atoms with Crippen LogP contribution >= 0.6 is 0 Å². The predicted octanol–water partition coefficient (Wildman–Crippen LogP) is 19.9. The van der Waals surface area contributed by atoms with Gasteiger partial charge in [-0.15, -0.1) is 0 Å². The van der Waals surface area contributed by atoms with Crippen molar-refractivity contribution in [3.05, 3.63) is 60.8 Å². The number of hydrogen-bond acceptors (Lipinski definition) is 5. The highest BCUT2D eigenvalue weighted by Crippen LogP contribution is 2.17. The Kier molecular flexibility index (Phi) is 59.0. The molecule has 6 nitrogen and oxygen atoms in total. The summed E-state index contributed by atoms with van der Waals surface area (Å²) < 4.78 is 5.44. The van der Waals surface area contributed by atoms with E-state index in [-0.39, 0.29) is 18.5 Å². The van der Waals surface area contributed by atoms with Gasteiger partial charge in [-0.1, -0.05) is 280 Å². The van der Waals surface area contributed by atoms with Gasteiger partial charge in [0.25, 0.3) is 0 Å². The van der Waals surface area contributed by atoms with Crippen LogP contribution in [0, 0.1) is 0 Å². The fourth-order valence-corrected chi connectivity index (χ4v) is 9.43. The Morgan fingerprint density at radius 1 is 0.403 bits per heavy atom. The molecule has 3 N–H and O–H groups in total. The second-order valence-corrected chi connectivity index (χ2v) is 21.4. The summed E-state index contributed by atoms with van der Waals surface area (Å²) >= 11 is 0. The van der Waals surface area contributed by atoms with E-state index in [1.807, 2.05) is 6.08 Å². The summed E-state index contributed by atoms with van der Waals surface area (Å²) in [7, 11) is 0. The monoisotopic (exact) mass is 1010 g/mol. The van der Waals surface area contributed by atoms with Crippen LogP contribution in [0.4, 0.5) is 0 Å². The van der Waals surface area contributed by atoms with Crippen LogP contribution in [0.15, 0.2) is 60.8 Å². The minimum atomic E-state index is -0.854. The van der Waals surface area contributed by atoms with Crippen molar-refractivity contribution in [2.75, 3.05) is 13.2 Å². The van der Waals surface area contributed by atoms with Gasteiger partial charge in [0.05, 0.1) is 25.4 Å². The standard InChI is InChI=1S/C66H121NO5/c1-3-5-7-9-11-13-15-17-18-19-20-21-22-23-25-28-31-35-38-42-46-50-54-58-64(69)63(62-68)67-65(70)59-55-51-47-43-39-36-32-29-26-24-27-30-33-37-41-45-49-53-57-61-72-66(71)60-56-52-48-44-40-34-16-14-12-10-8-6-4-2/h8,10,14,16,30,33,37,41,54,58,63-64,68-69H,3-7,9,11-13,15,17-29,31-32,34-36,38-40,42-53,55-57,59-62H2,1-2H3,(H,67,70)/b10-8-,16-14-,33-30-,41-37-,58-54+. The molecule has 0 bridgehead atoms. The Bertz CT molecular complexity index is 1250. The molecule has 6 heteroatoms. The first kappa shape index (κ1) is 69.6. The van der Waals surface area contributed by atoms with Gasteiger partial charge >= 0.3 is 5.97 Å². The molecule has 0 aromatic rings. The van der Waals surface area contributed by atoms with Gasteiger partial charge in [-0.25, -0.2) is 0 Å². The molecule has 0 radical (unpaired) electrons. The number of ether oxygens (including phenoxy) is 1. The van der Waals surface area contributed by atoms with Gasteiger partial charge in [0.15, 0.2) is 0 Å². The molecular weight excluding hydrogens is 887 g/mol. The topological polar surface area (TPSA) is 95.9 Å². The predicted molar refractivity (Wildman–Crippen MR) is 315 cm³/mol. The van der Waals surface area contributed by atoms with E-state index in [1.165, 1.54) is 205 Å². The maximum Gasteiger partial charge on any atom is 0.305 e. The summed E-state index contributed by atoms with van der Waals surface area (Å²) in [5.41, 5.74) is 0. The number of amides is 1. The quantitative estimate of drug-likeness (QED) is 0.0244. The fourth-order valence-electron chi connectivity index (χ4n) is 9.43. The molecule has 0 aliphatic carbocycles. The minimum Gasteiger partial charge on any atom is -0.466 e. The summed E-state index contributed by atoms with van der Waals surface area (Å²) in [6, 6.07) is -0.638. The van der Waals surface area contributed by atoms with Gasteiger partial charge in [-0.3, -0.25) is 9.59 Å². The number of hydrogen-bond donors (Lipinski definition) is 3. The maximum absolute atomic E-state index is 12.5. The van der Waals surface area contributed by atoms with Crippen molar-refractivity contribution in [3.8, 4) is 0 Å². The van der Waals surface area contributed by atoms with Crippen LogP contribution in [0.5, 0.6) is 0 Å². The molecule has 0 saturated carbocycles. The second-order valence-electron chi connectivity index (χ2n) is 21.4. The Morgan fingerprint density at radius 3 is 1.19 bits per heavy atom. The molecule has 420 valence electrons. The van der Waals surface area contributed by atoms with E-state index in [2.05, 4.69) is 67.8 Å². The lowest BCUT2D eigenvalue weighted by molar-refractivity contribution is -0.143. The molecule has 0 aliphatic heterocycles.